The number of benzene rings is 1. The van der Waals surface area contributed by atoms with Crippen molar-refractivity contribution in [3.8, 4) is 0 Å². The lowest BCUT2D eigenvalue weighted by Gasteiger charge is -2.15. The molecule has 0 saturated carbocycles. The first kappa shape index (κ1) is 11.2. The molecule has 0 aliphatic rings. The predicted molar refractivity (Wildman–Crippen MR) is 56.6 cm³/mol. The van der Waals surface area contributed by atoms with Crippen LogP contribution in [0, 0.1) is 0 Å². The third-order valence-electron chi connectivity index (χ3n) is 2.20. The monoisotopic (exact) mass is 238 g/mol. The molecule has 6 heteroatoms. The van der Waals surface area contributed by atoms with Gasteiger partial charge in [-0.25, -0.2) is 0 Å². The Hall–Kier alpha value is -1.29. The van der Waals surface area contributed by atoms with E-state index >= 15 is 0 Å². The Bertz CT molecular complexity index is 559. The number of fused-ring (bicyclic) bond motifs is 1. The van der Waals surface area contributed by atoms with Gasteiger partial charge in [0.2, 0.25) is 13.9 Å². The zero-order chi connectivity index (χ0) is 11.6. The van der Waals surface area contributed by atoms with Gasteiger partial charge in [-0.2, -0.15) is 0 Å². The van der Waals surface area contributed by atoms with Crippen molar-refractivity contribution in [2.24, 2.45) is 0 Å². The van der Waals surface area contributed by atoms with E-state index in [4.69, 9.17) is 0 Å². The molecule has 84 valence electrons. The summed E-state index contributed by atoms with van der Waals surface area (Å²) >= 11 is 0. The van der Waals surface area contributed by atoms with Crippen LogP contribution in [-0.2, 0) is 15.4 Å². The Kier molecular flexibility index (Phi) is 3.01. The molecule has 0 N–H and O–H groups in total. The Labute approximate surface area is 92.8 Å². The minimum atomic E-state index is -3.82. The van der Waals surface area contributed by atoms with Gasteiger partial charge in [0, 0.05) is 23.7 Å². The molecule has 0 spiro atoms. The predicted octanol–water partition coefficient (Wildman–Crippen LogP) is 0.680. The number of hydrogen-bond acceptors (Lipinski definition) is 4. The molecule has 1 atom stereocenters. The van der Waals surface area contributed by atoms with E-state index in [9.17, 15) is 9.46 Å². The van der Waals surface area contributed by atoms with Gasteiger partial charge < -0.3 is 14.0 Å². The highest BCUT2D eigenvalue weighted by Gasteiger charge is 2.15. The zero-order valence-electron chi connectivity index (χ0n) is 8.74. The van der Waals surface area contributed by atoms with Crippen LogP contribution in [-0.4, -0.2) is 12.2 Å². The topological polar surface area (TPSA) is 66.1 Å². The van der Waals surface area contributed by atoms with Gasteiger partial charge in [0.05, 0.1) is 0 Å². The minimum absolute atomic E-state index is 0.256. The van der Waals surface area contributed by atoms with Crippen molar-refractivity contribution in [2.45, 2.75) is 6.29 Å². The fourth-order valence-electron chi connectivity index (χ4n) is 1.37. The lowest BCUT2D eigenvalue weighted by molar-refractivity contribution is -0.738. The number of aromatic nitrogens is 2. The lowest BCUT2D eigenvalue weighted by atomic mass is 10.2. The van der Waals surface area contributed by atoms with Crippen LogP contribution in [0.2, 0.25) is 0 Å². The van der Waals surface area contributed by atoms with Crippen molar-refractivity contribution in [3.63, 3.8) is 0 Å². The normalized spacial score (nSPS) is 14.9. The molecule has 1 aromatic carbocycles. The molecule has 1 heterocycles. The molecule has 0 aliphatic heterocycles. The molecule has 0 bridgehead atoms. The standard InChI is InChI=1S/C10H11N2O3P/c1-15-16(13,14)8-12-7-6-9-4-2-3-5-10(9)11-12/h2-7H,8H2,1H3. The fraction of sp³-hybridized carbons (Fsp3) is 0.200. The van der Waals surface area contributed by atoms with Gasteiger partial charge in [-0.15, -0.1) is 0 Å². The van der Waals surface area contributed by atoms with E-state index in [0.717, 1.165) is 18.0 Å². The van der Waals surface area contributed by atoms with Crippen LogP contribution in [0.5, 0.6) is 0 Å². The third kappa shape index (κ3) is 2.44. The summed E-state index contributed by atoms with van der Waals surface area (Å²) < 4.78 is 17.0. The van der Waals surface area contributed by atoms with Gasteiger partial charge in [-0.1, -0.05) is 22.9 Å². The second-order valence-electron chi connectivity index (χ2n) is 3.35. The smallest absolute Gasteiger partial charge is 0.236 e. The van der Waals surface area contributed by atoms with Crippen LogP contribution in [0.15, 0.2) is 36.5 Å². The number of rotatable bonds is 3. The average Bonchev–Trinajstić information content (AvgIpc) is 2.28. The SMILES string of the molecule is COP(=O)([O-])C[n+]1ccc2ccccc2n1. The van der Waals surface area contributed by atoms with E-state index in [2.05, 4.69) is 9.62 Å². The van der Waals surface area contributed by atoms with Crippen LogP contribution in [0.25, 0.3) is 10.9 Å². The largest absolute Gasteiger partial charge is 0.774 e. The maximum atomic E-state index is 11.2. The van der Waals surface area contributed by atoms with Gasteiger partial charge in [0.25, 0.3) is 0 Å². The molecular weight excluding hydrogens is 227 g/mol. The first-order valence-electron chi connectivity index (χ1n) is 4.72. The van der Waals surface area contributed by atoms with E-state index in [1.807, 2.05) is 30.3 Å². The van der Waals surface area contributed by atoms with Crippen molar-refractivity contribution in [1.82, 2.24) is 5.10 Å². The number of nitrogens with zero attached hydrogens (tertiary/aromatic N) is 2. The van der Waals surface area contributed by atoms with Crippen LogP contribution in [0.3, 0.4) is 0 Å². The fourth-order valence-corrected chi connectivity index (χ4v) is 2.00. The molecule has 1 unspecified atom stereocenters. The van der Waals surface area contributed by atoms with E-state index in [-0.39, 0.29) is 6.29 Å². The zero-order valence-corrected chi connectivity index (χ0v) is 9.63. The number of hydrogen-bond donors (Lipinski definition) is 0. The molecule has 0 fully saturated rings. The summed E-state index contributed by atoms with van der Waals surface area (Å²) in [6.45, 7) is 0. The van der Waals surface area contributed by atoms with Gasteiger partial charge >= 0.3 is 0 Å². The van der Waals surface area contributed by atoms with E-state index < -0.39 is 7.60 Å². The summed E-state index contributed by atoms with van der Waals surface area (Å²) in [6, 6.07) is 9.32. The summed E-state index contributed by atoms with van der Waals surface area (Å²) in [7, 11) is -2.67. The highest BCUT2D eigenvalue weighted by Crippen LogP contribution is 2.34. The average molecular weight is 238 g/mol. The second kappa shape index (κ2) is 4.29. The van der Waals surface area contributed by atoms with Crippen molar-refractivity contribution in [2.75, 3.05) is 7.11 Å². The van der Waals surface area contributed by atoms with Gasteiger partial charge in [-0.05, 0) is 6.07 Å². The maximum absolute atomic E-state index is 11.2. The van der Waals surface area contributed by atoms with E-state index in [1.165, 1.54) is 4.68 Å². The van der Waals surface area contributed by atoms with Crippen LogP contribution in [0.4, 0.5) is 0 Å². The lowest BCUT2D eigenvalue weighted by Crippen LogP contribution is -2.39. The van der Waals surface area contributed by atoms with Crippen molar-refractivity contribution in [1.29, 1.82) is 0 Å². The summed E-state index contributed by atoms with van der Waals surface area (Å²) in [5.41, 5.74) is 0.751. The maximum Gasteiger partial charge on any atom is 0.236 e. The second-order valence-corrected chi connectivity index (χ2v) is 5.22. The van der Waals surface area contributed by atoms with Crippen molar-refractivity contribution < 1.29 is 18.7 Å². The molecule has 0 radical (unpaired) electrons. The van der Waals surface area contributed by atoms with E-state index in [1.54, 1.807) is 6.20 Å². The highest BCUT2D eigenvalue weighted by molar-refractivity contribution is 7.49. The molecule has 0 amide bonds. The third-order valence-corrected chi connectivity index (χ3v) is 3.39. The molecule has 0 aliphatic carbocycles. The van der Waals surface area contributed by atoms with Crippen molar-refractivity contribution >= 4 is 18.5 Å². The Balaban J connectivity index is 2.37. The van der Waals surface area contributed by atoms with Crippen LogP contribution in [0.1, 0.15) is 0 Å². The molecule has 2 aromatic rings. The van der Waals surface area contributed by atoms with E-state index in [0.29, 0.717) is 0 Å². The summed E-state index contributed by atoms with van der Waals surface area (Å²) in [5, 5.41) is 5.14. The molecule has 5 nitrogen and oxygen atoms in total. The minimum Gasteiger partial charge on any atom is -0.774 e. The highest BCUT2D eigenvalue weighted by atomic mass is 31.2. The quantitative estimate of drug-likeness (QED) is 0.582. The van der Waals surface area contributed by atoms with Gasteiger partial charge in [-0.3, -0.25) is 0 Å². The Morgan fingerprint density at radius 3 is 2.94 bits per heavy atom. The molecule has 2 rings (SSSR count). The van der Waals surface area contributed by atoms with Gasteiger partial charge in [0.15, 0.2) is 6.20 Å². The Morgan fingerprint density at radius 1 is 1.44 bits per heavy atom. The van der Waals surface area contributed by atoms with Crippen molar-refractivity contribution in [3.05, 3.63) is 36.5 Å². The van der Waals surface area contributed by atoms with Gasteiger partial charge in [0.1, 0.15) is 5.52 Å². The summed E-state index contributed by atoms with van der Waals surface area (Å²) in [6.07, 6.45) is 1.36. The Morgan fingerprint density at radius 2 is 2.19 bits per heavy atom. The summed E-state index contributed by atoms with van der Waals surface area (Å²) in [4.78, 5) is 11.2. The molecular formula is C10H11N2O3P. The molecule has 1 aromatic heterocycles. The molecule has 0 saturated heterocycles. The van der Waals surface area contributed by atoms with Crippen LogP contribution < -0.4 is 9.58 Å². The first-order valence-corrected chi connectivity index (χ1v) is 6.45. The summed E-state index contributed by atoms with van der Waals surface area (Å²) in [5.74, 6) is 0. The van der Waals surface area contributed by atoms with Crippen LogP contribution >= 0.6 is 7.60 Å². The molecule has 16 heavy (non-hydrogen) atoms. The first-order chi connectivity index (χ1) is 7.61.